The predicted molar refractivity (Wildman–Crippen MR) is 125 cm³/mol. The van der Waals surface area contributed by atoms with E-state index < -0.39 is 33.8 Å². The Morgan fingerprint density at radius 3 is 2.52 bits per heavy atom. The number of ether oxygens (including phenoxy) is 2. The van der Waals surface area contributed by atoms with E-state index in [2.05, 4.69) is 5.32 Å². The lowest BCUT2D eigenvalue weighted by Gasteiger charge is -2.30. The maximum atomic E-state index is 13.1. The molecule has 0 spiro atoms. The molecule has 0 aliphatic carbocycles. The summed E-state index contributed by atoms with van der Waals surface area (Å²) in [5.74, 6) is -2.25. The van der Waals surface area contributed by atoms with E-state index in [0.717, 1.165) is 22.7 Å². The zero-order chi connectivity index (χ0) is 24.2. The van der Waals surface area contributed by atoms with E-state index >= 15 is 0 Å². The van der Waals surface area contributed by atoms with Gasteiger partial charge in [0.15, 0.2) is 0 Å². The lowest BCUT2D eigenvalue weighted by atomic mass is 9.99. The number of carbonyl (C=O) groups excluding carboxylic acids is 3. The SMILES string of the molecule is CCOC(=O)c1sc(NC(=O)C2CCCN(S(=O)(=O)c3cccs3)C2)c(C(=O)OCC)c1C. The molecule has 9 nitrogen and oxygen atoms in total. The van der Waals surface area contributed by atoms with Crippen molar-refractivity contribution in [2.24, 2.45) is 5.92 Å². The number of nitrogens with one attached hydrogen (secondary N) is 1. The average molecular weight is 515 g/mol. The Morgan fingerprint density at radius 2 is 1.88 bits per heavy atom. The molecule has 0 saturated carbocycles. The Labute approximate surface area is 200 Å². The number of nitrogens with zero attached hydrogens (tertiary/aromatic N) is 1. The Morgan fingerprint density at radius 1 is 1.18 bits per heavy atom. The molecule has 1 N–H and O–H groups in total. The number of hydrogen-bond donors (Lipinski definition) is 1. The molecule has 0 radical (unpaired) electrons. The lowest BCUT2D eigenvalue weighted by molar-refractivity contribution is -0.120. The molecule has 0 aromatic carbocycles. The topological polar surface area (TPSA) is 119 Å². The van der Waals surface area contributed by atoms with Crippen LogP contribution in [0.25, 0.3) is 0 Å². The van der Waals surface area contributed by atoms with Crippen LogP contribution in [-0.2, 0) is 24.3 Å². The third-order valence-corrected chi connectivity index (χ3v) is 9.59. The van der Waals surface area contributed by atoms with Crippen molar-refractivity contribution in [2.75, 3.05) is 31.6 Å². The van der Waals surface area contributed by atoms with Crippen molar-refractivity contribution in [3.05, 3.63) is 33.5 Å². The molecule has 1 aliphatic rings. The van der Waals surface area contributed by atoms with Crippen molar-refractivity contribution in [1.29, 1.82) is 0 Å². The van der Waals surface area contributed by atoms with Gasteiger partial charge in [0, 0.05) is 13.1 Å². The Bertz CT molecular complexity index is 1120. The van der Waals surface area contributed by atoms with E-state index in [9.17, 15) is 22.8 Å². The standard InChI is InChI=1S/C21H26N2O7S3/c1-4-29-20(25)16-13(3)17(21(26)30-5-2)32-19(16)22-18(24)14-8-6-10-23(12-14)33(27,28)15-9-7-11-31-15/h7,9,11,14H,4-6,8,10,12H2,1-3H3,(H,22,24). The second-order valence-corrected chi connectivity index (χ2v) is 11.5. The molecule has 3 heterocycles. The Kier molecular flexibility index (Phi) is 8.27. The van der Waals surface area contributed by atoms with Crippen LogP contribution >= 0.6 is 22.7 Å². The zero-order valence-corrected chi connectivity index (χ0v) is 21.0. The lowest BCUT2D eigenvalue weighted by Crippen LogP contribution is -2.43. The highest BCUT2D eigenvalue weighted by molar-refractivity contribution is 7.91. The summed E-state index contributed by atoms with van der Waals surface area (Å²) in [5, 5.41) is 4.62. The van der Waals surface area contributed by atoms with Crippen LogP contribution in [0.3, 0.4) is 0 Å². The van der Waals surface area contributed by atoms with Gasteiger partial charge in [-0.3, -0.25) is 4.79 Å². The monoisotopic (exact) mass is 514 g/mol. The van der Waals surface area contributed by atoms with E-state index in [0.29, 0.717) is 24.9 Å². The highest BCUT2D eigenvalue weighted by Crippen LogP contribution is 2.35. The molecule has 1 amide bonds. The third-order valence-electron chi connectivity index (χ3n) is 5.17. The number of rotatable bonds is 8. The summed E-state index contributed by atoms with van der Waals surface area (Å²) in [4.78, 5) is 38.2. The molecule has 1 saturated heterocycles. The summed E-state index contributed by atoms with van der Waals surface area (Å²) < 4.78 is 37.5. The molecular weight excluding hydrogens is 488 g/mol. The van der Waals surface area contributed by atoms with E-state index in [1.807, 2.05) is 0 Å². The zero-order valence-electron chi connectivity index (χ0n) is 18.6. The Balaban J connectivity index is 1.83. The van der Waals surface area contributed by atoms with Gasteiger partial charge >= 0.3 is 11.9 Å². The second kappa shape index (κ2) is 10.8. The van der Waals surface area contributed by atoms with E-state index in [-0.39, 0.29) is 39.4 Å². The van der Waals surface area contributed by atoms with E-state index in [1.54, 1.807) is 38.3 Å². The number of thiophene rings is 2. The largest absolute Gasteiger partial charge is 0.462 e. The fourth-order valence-corrected chi connectivity index (χ4v) is 7.33. The van der Waals surface area contributed by atoms with Gasteiger partial charge in [-0.25, -0.2) is 18.0 Å². The molecular formula is C21H26N2O7S3. The number of esters is 2. The van der Waals surface area contributed by atoms with Crippen LogP contribution in [0, 0.1) is 12.8 Å². The van der Waals surface area contributed by atoms with Crippen molar-refractivity contribution in [3.8, 4) is 0 Å². The summed E-state index contributed by atoms with van der Waals surface area (Å²) in [6.45, 7) is 5.61. The first kappa shape index (κ1) is 25.3. The van der Waals surface area contributed by atoms with Gasteiger partial charge < -0.3 is 14.8 Å². The fourth-order valence-electron chi connectivity index (χ4n) is 3.57. The van der Waals surface area contributed by atoms with Gasteiger partial charge in [0.2, 0.25) is 5.91 Å². The minimum Gasteiger partial charge on any atom is -0.462 e. The number of sulfonamides is 1. The second-order valence-electron chi connectivity index (χ2n) is 7.32. The van der Waals surface area contributed by atoms with Crippen LogP contribution in [-0.4, -0.2) is 56.9 Å². The number of amides is 1. The van der Waals surface area contributed by atoms with Crippen molar-refractivity contribution in [2.45, 2.75) is 37.8 Å². The summed E-state index contributed by atoms with van der Waals surface area (Å²) in [6, 6.07) is 3.21. The summed E-state index contributed by atoms with van der Waals surface area (Å²) in [7, 11) is -3.67. The maximum absolute atomic E-state index is 13.1. The molecule has 33 heavy (non-hydrogen) atoms. The molecule has 2 aromatic heterocycles. The van der Waals surface area contributed by atoms with Crippen LogP contribution < -0.4 is 5.32 Å². The molecule has 3 rings (SSSR count). The molecule has 1 atom stereocenters. The van der Waals surface area contributed by atoms with Crippen LogP contribution in [0.2, 0.25) is 0 Å². The van der Waals surface area contributed by atoms with Gasteiger partial charge in [-0.15, -0.1) is 22.7 Å². The fraction of sp³-hybridized carbons (Fsp3) is 0.476. The summed E-state index contributed by atoms with van der Waals surface area (Å²) >= 11 is 2.08. The highest BCUT2D eigenvalue weighted by Gasteiger charge is 2.35. The van der Waals surface area contributed by atoms with Crippen molar-refractivity contribution in [1.82, 2.24) is 4.31 Å². The molecule has 2 aromatic rings. The van der Waals surface area contributed by atoms with Crippen LogP contribution in [0.5, 0.6) is 0 Å². The number of piperidine rings is 1. The molecule has 0 bridgehead atoms. The minimum absolute atomic E-state index is 0.0376. The van der Waals surface area contributed by atoms with E-state index in [4.69, 9.17) is 9.47 Å². The van der Waals surface area contributed by atoms with Crippen LogP contribution in [0.1, 0.15) is 52.3 Å². The predicted octanol–water partition coefficient (Wildman–Crippen LogP) is 3.51. The maximum Gasteiger partial charge on any atom is 0.348 e. The highest BCUT2D eigenvalue weighted by atomic mass is 32.2. The molecule has 180 valence electrons. The van der Waals surface area contributed by atoms with Gasteiger partial charge in [-0.05, 0) is 50.6 Å². The third kappa shape index (κ3) is 5.45. The minimum atomic E-state index is -3.67. The first-order chi connectivity index (χ1) is 15.7. The summed E-state index contributed by atoms with van der Waals surface area (Å²) in [5.41, 5.74) is 0.481. The molecule has 1 fully saturated rings. The smallest absolute Gasteiger partial charge is 0.348 e. The van der Waals surface area contributed by atoms with Gasteiger partial charge in [0.25, 0.3) is 10.0 Å². The number of hydrogen-bond acceptors (Lipinski definition) is 9. The normalized spacial score (nSPS) is 16.9. The first-order valence-electron chi connectivity index (χ1n) is 10.5. The quantitative estimate of drug-likeness (QED) is 0.536. The summed E-state index contributed by atoms with van der Waals surface area (Å²) in [6.07, 6.45) is 1.04. The van der Waals surface area contributed by atoms with Gasteiger partial charge in [-0.2, -0.15) is 4.31 Å². The number of anilines is 1. The first-order valence-corrected chi connectivity index (χ1v) is 13.7. The van der Waals surface area contributed by atoms with Crippen molar-refractivity contribution in [3.63, 3.8) is 0 Å². The number of carbonyl (C=O) groups is 3. The van der Waals surface area contributed by atoms with E-state index in [1.165, 1.54) is 4.31 Å². The molecule has 1 aliphatic heterocycles. The van der Waals surface area contributed by atoms with Crippen LogP contribution in [0.15, 0.2) is 21.7 Å². The van der Waals surface area contributed by atoms with Crippen molar-refractivity contribution < 1.29 is 32.3 Å². The molecule has 1 unspecified atom stereocenters. The van der Waals surface area contributed by atoms with Gasteiger partial charge in [0.1, 0.15) is 14.1 Å². The van der Waals surface area contributed by atoms with Gasteiger partial charge in [-0.1, -0.05) is 6.07 Å². The molecule has 12 heteroatoms. The van der Waals surface area contributed by atoms with Crippen molar-refractivity contribution >= 4 is 55.5 Å². The van der Waals surface area contributed by atoms with Crippen LogP contribution in [0.4, 0.5) is 5.00 Å². The average Bonchev–Trinajstić information content (AvgIpc) is 3.43. The Hall–Kier alpha value is -2.28. The van der Waals surface area contributed by atoms with Gasteiger partial charge in [0.05, 0.1) is 24.7 Å².